The van der Waals surface area contributed by atoms with E-state index in [1.54, 1.807) is 6.08 Å². The van der Waals surface area contributed by atoms with Crippen LogP contribution in [0.1, 0.15) is 25.7 Å². The second kappa shape index (κ2) is 5.24. The minimum atomic E-state index is -1.55. The van der Waals surface area contributed by atoms with Gasteiger partial charge in [0.05, 0.1) is 0 Å². The number of carboxylic acid groups (broad SMARTS) is 1. The van der Waals surface area contributed by atoms with Crippen LogP contribution in [0.5, 0.6) is 0 Å². The molecule has 0 aromatic carbocycles. The molecule has 0 amide bonds. The lowest BCUT2D eigenvalue weighted by atomic mass is 9.77. The normalized spacial score (nSPS) is 36.1. The average molecular weight is 218 g/mol. The number of allylic oxidation sites excluding steroid dienone is 1. The SMILES string of the molecule is C=CCCC1CC(F)C(C(=O)O)C(F)C1. The maximum Gasteiger partial charge on any atom is 0.312 e. The van der Waals surface area contributed by atoms with E-state index in [1.165, 1.54) is 0 Å². The largest absolute Gasteiger partial charge is 0.481 e. The number of carbonyl (C=O) groups is 1. The highest BCUT2D eigenvalue weighted by Crippen LogP contribution is 2.36. The molecule has 0 radical (unpaired) electrons. The molecular formula is C11H16F2O2. The van der Waals surface area contributed by atoms with E-state index in [2.05, 4.69) is 6.58 Å². The molecule has 1 N–H and O–H groups in total. The molecule has 0 aromatic heterocycles. The lowest BCUT2D eigenvalue weighted by Crippen LogP contribution is -2.40. The minimum absolute atomic E-state index is 0.0522. The highest BCUT2D eigenvalue weighted by atomic mass is 19.1. The van der Waals surface area contributed by atoms with E-state index in [1.807, 2.05) is 0 Å². The molecule has 0 aliphatic heterocycles. The standard InChI is InChI=1S/C11H16F2O2/c1-2-3-4-7-5-8(12)10(11(14)15)9(13)6-7/h2,7-10H,1,3-6H2,(H,14,15). The first-order chi connectivity index (χ1) is 7.06. The number of rotatable bonds is 4. The molecule has 15 heavy (non-hydrogen) atoms. The van der Waals surface area contributed by atoms with E-state index in [9.17, 15) is 13.6 Å². The minimum Gasteiger partial charge on any atom is -0.481 e. The first kappa shape index (κ1) is 12.1. The number of aliphatic carboxylic acids is 1. The van der Waals surface area contributed by atoms with Gasteiger partial charge in [-0.25, -0.2) is 8.78 Å². The third kappa shape index (κ3) is 3.01. The topological polar surface area (TPSA) is 37.3 Å². The Morgan fingerprint density at radius 1 is 1.40 bits per heavy atom. The number of hydrogen-bond acceptors (Lipinski definition) is 1. The molecule has 1 saturated carbocycles. The Morgan fingerprint density at radius 2 is 1.93 bits per heavy atom. The molecule has 2 unspecified atom stereocenters. The molecule has 1 aliphatic carbocycles. The lowest BCUT2D eigenvalue weighted by Gasteiger charge is -2.32. The van der Waals surface area contributed by atoms with Crippen LogP contribution in [0.3, 0.4) is 0 Å². The first-order valence-electron chi connectivity index (χ1n) is 5.18. The summed E-state index contributed by atoms with van der Waals surface area (Å²) >= 11 is 0. The van der Waals surface area contributed by atoms with Crippen molar-refractivity contribution in [2.45, 2.75) is 38.0 Å². The summed E-state index contributed by atoms with van der Waals surface area (Å²) < 4.78 is 26.8. The van der Waals surface area contributed by atoms with Crippen molar-refractivity contribution in [2.24, 2.45) is 11.8 Å². The van der Waals surface area contributed by atoms with Crippen molar-refractivity contribution in [3.8, 4) is 0 Å². The molecule has 0 heterocycles. The third-order valence-electron chi connectivity index (χ3n) is 2.96. The summed E-state index contributed by atoms with van der Waals surface area (Å²) in [5.41, 5.74) is 0. The van der Waals surface area contributed by atoms with Crippen LogP contribution in [0, 0.1) is 11.8 Å². The van der Waals surface area contributed by atoms with E-state index >= 15 is 0 Å². The van der Waals surface area contributed by atoms with Crippen LogP contribution in [0.25, 0.3) is 0 Å². The van der Waals surface area contributed by atoms with Crippen molar-refractivity contribution < 1.29 is 18.7 Å². The van der Waals surface area contributed by atoms with Crippen LogP contribution in [-0.2, 0) is 4.79 Å². The molecule has 1 rings (SSSR count). The maximum absolute atomic E-state index is 13.4. The van der Waals surface area contributed by atoms with Gasteiger partial charge in [0.1, 0.15) is 18.3 Å². The summed E-state index contributed by atoms with van der Waals surface area (Å²) in [5.74, 6) is -2.88. The van der Waals surface area contributed by atoms with Crippen LogP contribution < -0.4 is 0 Å². The van der Waals surface area contributed by atoms with Crippen molar-refractivity contribution in [1.29, 1.82) is 0 Å². The van der Waals surface area contributed by atoms with Crippen molar-refractivity contribution in [2.75, 3.05) is 0 Å². The molecule has 1 fully saturated rings. The van der Waals surface area contributed by atoms with Crippen LogP contribution in [-0.4, -0.2) is 23.4 Å². The Morgan fingerprint density at radius 3 is 2.33 bits per heavy atom. The van der Waals surface area contributed by atoms with Gasteiger partial charge in [0.25, 0.3) is 0 Å². The van der Waals surface area contributed by atoms with E-state index in [0.717, 1.165) is 6.42 Å². The van der Waals surface area contributed by atoms with Crippen LogP contribution in [0.2, 0.25) is 0 Å². The Kier molecular flexibility index (Phi) is 4.24. The molecule has 2 atom stereocenters. The smallest absolute Gasteiger partial charge is 0.312 e. The van der Waals surface area contributed by atoms with Gasteiger partial charge in [0.2, 0.25) is 0 Å². The summed E-state index contributed by atoms with van der Waals surface area (Å²) in [6.45, 7) is 3.54. The van der Waals surface area contributed by atoms with Crippen LogP contribution >= 0.6 is 0 Å². The predicted molar refractivity (Wildman–Crippen MR) is 53.1 cm³/mol. The molecule has 86 valence electrons. The molecule has 4 heteroatoms. The molecule has 0 aromatic rings. The molecule has 0 bridgehead atoms. The molecule has 0 saturated heterocycles. The molecule has 1 aliphatic rings. The zero-order valence-electron chi connectivity index (χ0n) is 8.53. The first-order valence-corrected chi connectivity index (χ1v) is 5.18. The molecular weight excluding hydrogens is 202 g/mol. The maximum atomic E-state index is 13.4. The van der Waals surface area contributed by atoms with Crippen LogP contribution in [0.15, 0.2) is 12.7 Å². The van der Waals surface area contributed by atoms with Gasteiger partial charge in [0, 0.05) is 0 Å². The van der Waals surface area contributed by atoms with Gasteiger partial charge >= 0.3 is 5.97 Å². The van der Waals surface area contributed by atoms with Crippen LogP contribution in [0.4, 0.5) is 8.78 Å². The molecule has 2 nitrogen and oxygen atoms in total. The fourth-order valence-electron chi connectivity index (χ4n) is 2.15. The number of halogens is 2. The van der Waals surface area contributed by atoms with E-state index in [0.29, 0.717) is 6.42 Å². The Bertz CT molecular complexity index is 231. The van der Waals surface area contributed by atoms with Crippen molar-refractivity contribution in [1.82, 2.24) is 0 Å². The van der Waals surface area contributed by atoms with Gasteiger partial charge < -0.3 is 5.11 Å². The Balaban J connectivity index is 2.54. The van der Waals surface area contributed by atoms with Gasteiger partial charge in [-0.15, -0.1) is 6.58 Å². The number of carboxylic acids is 1. The second-order valence-electron chi connectivity index (χ2n) is 4.10. The summed E-state index contributed by atoms with van der Waals surface area (Å²) in [6.07, 6.45) is 0.334. The quantitative estimate of drug-likeness (QED) is 0.737. The van der Waals surface area contributed by atoms with Crippen molar-refractivity contribution in [3.05, 3.63) is 12.7 Å². The monoisotopic (exact) mass is 218 g/mol. The average Bonchev–Trinajstić information content (AvgIpc) is 2.12. The zero-order valence-corrected chi connectivity index (χ0v) is 8.53. The molecule has 0 spiro atoms. The Labute approximate surface area is 88.0 Å². The van der Waals surface area contributed by atoms with Gasteiger partial charge in [-0.05, 0) is 31.6 Å². The number of hydrogen-bond donors (Lipinski definition) is 1. The van der Waals surface area contributed by atoms with Gasteiger partial charge in [-0.3, -0.25) is 4.79 Å². The van der Waals surface area contributed by atoms with Crippen molar-refractivity contribution in [3.63, 3.8) is 0 Å². The summed E-state index contributed by atoms with van der Waals surface area (Å²) in [6, 6.07) is 0. The summed E-state index contributed by atoms with van der Waals surface area (Å²) in [4.78, 5) is 10.6. The number of alkyl halides is 2. The third-order valence-corrected chi connectivity index (χ3v) is 2.96. The lowest BCUT2D eigenvalue weighted by molar-refractivity contribution is -0.149. The van der Waals surface area contributed by atoms with Gasteiger partial charge in [-0.2, -0.15) is 0 Å². The fraction of sp³-hybridized carbons (Fsp3) is 0.727. The zero-order chi connectivity index (χ0) is 11.4. The highest BCUT2D eigenvalue weighted by molar-refractivity contribution is 5.71. The fourth-order valence-corrected chi connectivity index (χ4v) is 2.15. The highest BCUT2D eigenvalue weighted by Gasteiger charge is 2.42. The van der Waals surface area contributed by atoms with Gasteiger partial charge in [0.15, 0.2) is 0 Å². The van der Waals surface area contributed by atoms with Crippen molar-refractivity contribution >= 4 is 5.97 Å². The Hall–Kier alpha value is -0.930. The van der Waals surface area contributed by atoms with Gasteiger partial charge in [-0.1, -0.05) is 6.08 Å². The van der Waals surface area contributed by atoms with E-state index in [-0.39, 0.29) is 18.8 Å². The van der Waals surface area contributed by atoms with E-state index < -0.39 is 24.2 Å². The summed E-state index contributed by atoms with van der Waals surface area (Å²) in [7, 11) is 0. The second-order valence-corrected chi connectivity index (χ2v) is 4.10. The van der Waals surface area contributed by atoms with E-state index in [4.69, 9.17) is 5.11 Å². The summed E-state index contributed by atoms with van der Waals surface area (Å²) in [5, 5.41) is 8.65. The predicted octanol–water partition coefficient (Wildman–Crippen LogP) is 2.74.